The molecular formula is C28H30Br2N2O3. The molecule has 0 saturated heterocycles. The number of nitrogens with one attached hydrogen (secondary N) is 1. The first kappa shape index (κ1) is 27.0. The Morgan fingerprint density at radius 2 is 1.66 bits per heavy atom. The van der Waals surface area contributed by atoms with E-state index in [4.69, 9.17) is 4.74 Å². The predicted molar refractivity (Wildman–Crippen MR) is 146 cm³/mol. The Balaban J connectivity index is 1.87. The van der Waals surface area contributed by atoms with Crippen LogP contribution in [0.25, 0.3) is 0 Å². The van der Waals surface area contributed by atoms with Crippen LogP contribution in [0.5, 0.6) is 5.75 Å². The lowest BCUT2D eigenvalue weighted by atomic mass is 10.0. The van der Waals surface area contributed by atoms with Gasteiger partial charge in [-0.1, -0.05) is 78.3 Å². The van der Waals surface area contributed by atoms with Gasteiger partial charge in [0.05, 0.1) is 4.47 Å². The molecule has 184 valence electrons. The number of amides is 2. The van der Waals surface area contributed by atoms with Gasteiger partial charge in [0.25, 0.3) is 5.91 Å². The van der Waals surface area contributed by atoms with Crippen LogP contribution in [0.4, 0.5) is 0 Å². The molecule has 2 amide bonds. The van der Waals surface area contributed by atoms with E-state index in [9.17, 15) is 9.59 Å². The van der Waals surface area contributed by atoms with Gasteiger partial charge in [-0.15, -0.1) is 0 Å². The highest BCUT2D eigenvalue weighted by molar-refractivity contribution is 9.10. The molecule has 0 heterocycles. The molecule has 0 saturated carbocycles. The minimum Gasteiger partial charge on any atom is -0.483 e. The zero-order valence-electron chi connectivity index (χ0n) is 20.1. The number of carbonyl (C=O) groups excluding carboxylic acids is 2. The molecule has 0 bridgehead atoms. The fraction of sp³-hybridized carbons (Fsp3) is 0.286. The van der Waals surface area contributed by atoms with Crippen LogP contribution in [0.2, 0.25) is 0 Å². The van der Waals surface area contributed by atoms with Gasteiger partial charge in [-0.25, -0.2) is 0 Å². The lowest BCUT2D eigenvalue weighted by Gasteiger charge is -2.31. The first-order valence-electron chi connectivity index (χ1n) is 11.5. The Morgan fingerprint density at radius 1 is 0.943 bits per heavy atom. The lowest BCUT2D eigenvalue weighted by Crippen LogP contribution is -2.51. The van der Waals surface area contributed by atoms with Gasteiger partial charge in [-0.3, -0.25) is 9.59 Å². The number of nitrogens with zero attached hydrogens (tertiary/aromatic N) is 1. The van der Waals surface area contributed by atoms with Crippen molar-refractivity contribution in [1.29, 1.82) is 0 Å². The summed E-state index contributed by atoms with van der Waals surface area (Å²) in [6.07, 6.45) is 0.396. The lowest BCUT2D eigenvalue weighted by molar-refractivity contribution is -0.142. The van der Waals surface area contributed by atoms with E-state index in [0.717, 1.165) is 20.1 Å². The third-order valence-corrected chi connectivity index (χ3v) is 6.85. The zero-order chi connectivity index (χ0) is 25.4. The first-order chi connectivity index (χ1) is 16.8. The third-order valence-electron chi connectivity index (χ3n) is 5.73. The second-order valence-corrected chi connectivity index (χ2v) is 10.4. The van der Waals surface area contributed by atoms with E-state index in [1.165, 1.54) is 5.56 Å². The van der Waals surface area contributed by atoms with E-state index in [1.807, 2.05) is 72.8 Å². The molecule has 0 aromatic heterocycles. The number of hydrogen-bond acceptors (Lipinski definition) is 3. The Kier molecular flexibility index (Phi) is 9.93. The summed E-state index contributed by atoms with van der Waals surface area (Å²) in [5.74, 6) is 0.479. The zero-order valence-corrected chi connectivity index (χ0v) is 23.3. The molecule has 0 unspecified atom stereocenters. The van der Waals surface area contributed by atoms with Crippen molar-refractivity contribution in [2.45, 2.75) is 38.8 Å². The SMILES string of the molecule is CNC(=O)[C@@H](Cc1ccccc1)N(Cc1cccc(Br)c1)C(=O)COc1ccc(C(C)C)cc1Br. The minimum atomic E-state index is -0.691. The summed E-state index contributed by atoms with van der Waals surface area (Å²) < 4.78 is 7.61. The van der Waals surface area contributed by atoms with Crippen molar-refractivity contribution in [1.82, 2.24) is 10.2 Å². The standard InChI is InChI=1S/C28H30Br2N2O3/c1-19(2)22-12-13-26(24(30)16-22)35-18-27(33)32(17-21-10-7-11-23(29)14-21)25(28(34)31-3)15-20-8-5-4-6-9-20/h4-14,16,19,25H,15,17-18H2,1-3H3,(H,31,34)/t25-/m1/s1. The second kappa shape index (κ2) is 12.9. The average Bonchev–Trinajstić information content (AvgIpc) is 2.85. The molecule has 0 fully saturated rings. The molecule has 1 atom stereocenters. The van der Waals surface area contributed by atoms with Crippen LogP contribution in [0.15, 0.2) is 81.7 Å². The van der Waals surface area contributed by atoms with Crippen LogP contribution in [0, 0.1) is 0 Å². The fourth-order valence-corrected chi connectivity index (χ4v) is 4.73. The van der Waals surface area contributed by atoms with Crippen molar-refractivity contribution in [3.63, 3.8) is 0 Å². The maximum atomic E-state index is 13.5. The van der Waals surface area contributed by atoms with Gasteiger partial charge in [-0.05, 0) is 62.8 Å². The molecular weight excluding hydrogens is 572 g/mol. The van der Waals surface area contributed by atoms with Crippen molar-refractivity contribution in [3.05, 3.63) is 98.4 Å². The number of ether oxygens (including phenoxy) is 1. The van der Waals surface area contributed by atoms with Crippen LogP contribution in [0.3, 0.4) is 0 Å². The Labute approximate surface area is 224 Å². The topological polar surface area (TPSA) is 58.6 Å². The van der Waals surface area contributed by atoms with Gasteiger partial charge >= 0.3 is 0 Å². The molecule has 0 spiro atoms. The van der Waals surface area contributed by atoms with E-state index in [1.54, 1.807) is 11.9 Å². The summed E-state index contributed by atoms with van der Waals surface area (Å²) in [6, 6.07) is 22.6. The highest BCUT2D eigenvalue weighted by atomic mass is 79.9. The van der Waals surface area contributed by atoms with Crippen molar-refractivity contribution in [2.75, 3.05) is 13.7 Å². The minimum absolute atomic E-state index is 0.185. The van der Waals surface area contributed by atoms with Crippen molar-refractivity contribution >= 4 is 43.7 Å². The van der Waals surface area contributed by atoms with Crippen LogP contribution < -0.4 is 10.1 Å². The van der Waals surface area contributed by atoms with E-state index in [-0.39, 0.29) is 25.0 Å². The number of rotatable bonds is 10. The van der Waals surface area contributed by atoms with Crippen LogP contribution >= 0.6 is 31.9 Å². The summed E-state index contributed by atoms with van der Waals surface area (Å²) in [5, 5.41) is 2.73. The van der Waals surface area contributed by atoms with Gasteiger partial charge in [0.1, 0.15) is 11.8 Å². The molecule has 0 radical (unpaired) electrons. The van der Waals surface area contributed by atoms with Gasteiger partial charge in [0, 0.05) is 24.5 Å². The second-order valence-electron chi connectivity index (χ2n) is 8.60. The molecule has 0 aliphatic heterocycles. The van der Waals surface area contributed by atoms with Crippen molar-refractivity contribution < 1.29 is 14.3 Å². The Bertz CT molecular complexity index is 1150. The Hall–Kier alpha value is -2.64. The molecule has 0 aliphatic carbocycles. The van der Waals surface area contributed by atoms with Gasteiger partial charge in [0.2, 0.25) is 5.91 Å². The summed E-state index contributed by atoms with van der Waals surface area (Å²) in [4.78, 5) is 28.1. The fourth-order valence-electron chi connectivity index (χ4n) is 3.77. The first-order valence-corrected chi connectivity index (χ1v) is 13.1. The molecule has 5 nitrogen and oxygen atoms in total. The number of hydrogen-bond donors (Lipinski definition) is 1. The van der Waals surface area contributed by atoms with E-state index in [2.05, 4.69) is 51.0 Å². The summed E-state index contributed by atoms with van der Waals surface area (Å²) in [7, 11) is 1.59. The van der Waals surface area contributed by atoms with Crippen molar-refractivity contribution in [3.8, 4) is 5.75 Å². The number of carbonyl (C=O) groups is 2. The maximum absolute atomic E-state index is 13.5. The smallest absolute Gasteiger partial charge is 0.261 e. The van der Waals surface area contributed by atoms with Gasteiger partial charge in [0.15, 0.2) is 6.61 Å². The summed E-state index contributed by atoms with van der Waals surface area (Å²) in [6.45, 7) is 4.34. The highest BCUT2D eigenvalue weighted by Gasteiger charge is 2.30. The number of benzene rings is 3. The molecule has 35 heavy (non-hydrogen) atoms. The Morgan fingerprint density at radius 3 is 2.29 bits per heavy atom. The van der Waals surface area contributed by atoms with E-state index < -0.39 is 6.04 Å². The summed E-state index contributed by atoms with van der Waals surface area (Å²) in [5.41, 5.74) is 3.06. The van der Waals surface area contributed by atoms with E-state index >= 15 is 0 Å². The van der Waals surface area contributed by atoms with Crippen LogP contribution in [0.1, 0.15) is 36.5 Å². The average molecular weight is 602 g/mol. The number of halogens is 2. The molecule has 3 rings (SSSR count). The molecule has 3 aromatic carbocycles. The highest BCUT2D eigenvalue weighted by Crippen LogP contribution is 2.29. The molecule has 7 heteroatoms. The van der Waals surface area contributed by atoms with Crippen LogP contribution in [-0.2, 0) is 22.6 Å². The predicted octanol–water partition coefficient (Wildman–Crippen LogP) is 6.10. The maximum Gasteiger partial charge on any atom is 0.261 e. The quantitative estimate of drug-likeness (QED) is 0.305. The molecule has 0 aliphatic rings. The van der Waals surface area contributed by atoms with Crippen LogP contribution in [-0.4, -0.2) is 36.4 Å². The van der Waals surface area contributed by atoms with Crippen molar-refractivity contribution in [2.24, 2.45) is 0 Å². The van der Waals surface area contributed by atoms with Gasteiger partial charge in [-0.2, -0.15) is 0 Å². The molecule has 1 N–H and O–H groups in total. The van der Waals surface area contributed by atoms with E-state index in [0.29, 0.717) is 18.1 Å². The largest absolute Gasteiger partial charge is 0.483 e. The van der Waals surface area contributed by atoms with Gasteiger partial charge < -0.3 is 15.0 Å². The number of likely N-dealkylation sites (N-methyl/N-ethyl adjacent to an activating group) is 1. The summed E-state index contributed by atoms with van der Waals surface area (Å²) >= 11 is 7.05. The monoisotopic (exact) mass is 600 g/mol. The third kappa shape index (κ3) is 7.67. The molecule has 3 aromatic rings. The normalized spacial score (nSPS) is 11.7.